The van der Waals surface area contributed by atoms with Crippen LogP contribution in [0.2, 0.25) is 0 Å². The fourth-order valence-corrected chi connectivity index (χ4v) is 2.08. The lowest BCUT2D eigenvalue weighted by atomic mass is 10.4. The number of anilines is 1. The Balaban J connectivity index is 1.69. The summed E-state index contributed by atoms with van der Waals surface area (Å²) < 4.78 is 4.04. The molecule has 7 nitrogen and oxygen atoms in total. The Hall–Kier alpha value is -1.70. The van der Waals surface area contributed by atoms with Gasteiger partial charge in [-0.05, 0) is 13.3 Å². The Bertz CT molecular complexity index is 417. The first kappa shape index (κ1) is 11.8. The monoisotopic (exact) mass is 255 g/mol. The first-order chi connectivity index (χ1) is 8.16. The minimum absolute atomic E-state index is 0.113. The van der Waals surface area contributed by atoms with E-state index in [0.29, 0.717) is 19.5 Å². The quantitative estimate of drug-likeness (QED) is 0.579. The molecule has 0 saturated carbocycles. The molecule has 0 bridgehead atoms. The third kappa shape index (κ3) is 2.90. The lowest BCUT2D eigenvalue weighted by Crippen LogP contribution is -2.32. The number of hydrogen-bond donors (Lipinski definition) is 2. The summed E-state index contributed by atoms with van der Waals surface area (Å²) >= 11 is 1.30. The van der Waals surface area contributed by atoms with Gasteiger partial charge in [0.25, 0.3) is 0 Å². The summed E-state index contributed by atoms with van der Waals surface area (Å²) in [6, 6.07) is -0.304. The van der Waals surface area contributed by atoms with Gasteiger partial charge in [-0.1, -0.05) is 0 Å². The van der Waals surface area contributed by atoms with Crippen LogP contribution >= 0.6 is 11.5 Å². The normalized spacial score (nSPS) is 15.2. The molecule has 3 amide bonds. The van der Waals surface area contributed by atoms with Crippen molar-refractivity contribution in [1.29, 1.82) is 0 Å². The third-order valence-corrected chi connectivity index (χ3v) is 3.06. The van der Waals surface area contributed by atoms with Crippen LogP contribution in [0.5, 0.6) is 0 Å². The number of hydrogen-bond acceptors (Lipinski definition) is 6. The van der Waals surface area contributed by atoms with Crippen molar-refractivity contribution in [2.24, 2.45) is 0 Å². The molecule has 1 aromatic rings. The largest absolute Gasteiger partial charge is 0.360 e. The number of nitrogens with one attached hydrogen (secondary N) is 2. The van der Waals surface area contributed by atoms with E-state index >= 15 is 0 Å². The molecule has 1 aliphatic rings. The number of aromatic nitrogens is 2. The Morgan fingerprint density at radius 2 is 2.35 bits per heavy atom. The number of amides is 3. The summed E-state index contributed by atoms with van der Waals surface area (Å²) in [5.74, 6) is 0.577. The van der Waals surface area contributed by atoms with E-state index in [4.69, 9.17) is 0 Å². The molecule has 1 aliphatic heterocycles. The van der Waals surface area contributed by atoms with Crippen molar-refractivity contribution in [3.8, 4) is 0 Å². The number of rotatable bonds is 5. The lowest BCUT2D eigenvalue weighted by Gasteiger charge is -2.11. The maximum atomic E-state index is 11.3. The van der Waals surface area contributed by atoms with Crippen LogP contribution in [-0.2, 0) is 4.79 Å². The van der Waals surface area contributed by atoms with Gasteiger partial charge >= 0.3 is 6.03 Å². The summed E-state index contributed by atoms with van der Waals surface area (Å²) in [5.41, 5.74) is 0. The van der Waals surface area contributed by atoms with Crippen molar-refractivity contribution in [3.63, 3.8) is 0 Å². The second-order valence-corrected chi connectivity index (χ2v) is 4.38. The van der Waals surface area contributed by atoms with Crippen LogP contribution in [0.15, 0.2) is 0 Å². The smallest absolute Gasteiger partial charge is 0.324 e. The zero-order chi connectivity index (χ0) is 12.3. The predicted octanol–water partition coefficient (Wildman–Crippen LogP) is 0.200. The second kappa shape index (κ2) is 5.09. The van der Waals surface area contributed by atoms with Gasteiger partial charge in [-0.2, -0.15) is 4.37 Å². The van der Waals surface area contributed by atoms with E-state index in [1.165, 1.54) is 16.4 Å². The fourth-order valence-electron chi connectivity index (χ4n) is 1.48. The second-order valence-electron chi connectivity index (χ2n) is 3.63. The van der Waals surface area contributed by atoms with Crippen molar-refractivity contribution in [1.82, 2.24) is 19.6 Å². The van der Waals surface area contributed by atoms with E-state index in [1.807, 2.05) is 6.92 Å². The van der Waals surface area contributed by atoms with E-state index in [-0.39, 0.29) is 18.5 Å². The van der Waals surface area contributed by atoms with Gasteiger partial charge in [0.1, 0.15) is 5.82 Å². The van der Waals surface area contributed by atoms with E-state index in [1.54, 1.807) is 0 Å². The van der Waals surface area contributed by atoms with Crippen LogP contribution in [-0.4, -0.2) is 45.8 Å². The van der Waals surface area contributed by atoms with Gasteiger partial charge in [0.15, 0.2) is 0 Å². The number of carbonyl (C=O) groups excluding carboxylic acids is 2. The molecule has 92 valence electrons. The SMILES string of the molecule is Cc1nsc(NCCCN2C(=O)CNC2=O)n1. The zero-order valence-corrected chi connectivity index (χ0v) is 10.2. The minimum atomic E-state index is -0.304. The van der Waals surface area contributed by atoms with Crippen molar-refractivity contribution < 1.29 is 9.59 Å². The molecule has 2 heterocycles. The first-order valence-electron chi connectivity index (χ1n) is 5.29. The van der Waals surface area contributed by atoms with E-state index in [0.717, 1.165) is 11.0 Å². The summed E-state index contributed by atoms with van der Waals surface area (Å²) in [4.78, 5) is 27.8. The number of nitrogens with zero attached hydrogens (tertiary/aromatic N) is 3. The molecule has 1 aromatic heterocycles. The number of imide groups is 1. The zero-order valence-electron chi connectivity index (χ0n) is 9.39. The molecular formula is C9H13N5O2S. The Morgan fingerprint density at radius 3 is 2.94 bits per heavy atom. The minimum Gasteiger partial charge on any atom is -0.360 e. The molecule has 1 saturated heterocycles. The number of urea groups is 1. The highest BCUT2D eigenvalue weighted by molar-refractivity contribution is 7.09. The van der Waals surface area contributed by atoms with Crippen molar-refractivity contribution in [2.45, 2.75) is 13.3 Å². The molecule has 2 N–H and O–H groups in total. The topological polar surface area (TPSA) is 87.2 Å². The van der Waals surface area contributed by atoms with Crippen LogP contribution in [0, 0.1) is 6.92 Å². The average molecular weight is 255 g/mol. The Morgan fingerprint density at radius 1 is 1.53 bits per heavy atom. The molecule has 0 radical (unpaired) electrons. The van der Waals surface area contributed by atoms with E-state index in [2.05, 4.69) is 20.0 Å². The fraction of sp³-hybridized carbons (Fsp3) is 0.556. The highest BCUT2D eigenvalue weighted by atomic mass is 32.1. The van der Waals surface area contributed by atoms with Crippen molar-refractivity contribution >= 4 is 28.6 Å². The predicted molar refractivity (Wildman–Crippen MR) is 62.9 cm³/mol. The summed E-state index contributed by atoms with van der Waals surface area (Å²) in [7, 11) is 0. The maximum absolute atomic E-state index is 11.3. The first-order valence-corrected chi connectivity index (χ1v) is 6.06. The molecule has 0 aliphatic carbocycles. The molecular weight excluding hydrogens is 242 g/mol. The van der Waals surface area contributed by atoms with E-state index < -0.39 is 0 Å². The van der Waals surface area contributed by atoms with Crippen LogP contribution in [0.1, 0.15) is 12.2 Å². The summed E-state index contributed by atoms with van der Waals surface area (Å²) in [5, 5.41) is 6.34. The lowest BCUT2D eigenvalue weighted by molar-refractivity contribution is -0.124. The molecule has 2 rings (SSSR count). The highest BCUT2D eigenvalue weighted by Gasteiger charge is 2.27. The third-order valence-electron chi connectivity index (χ3n) is 2.30. The summed E-state index contributed by atoms with van der Waals surface area (Å²) in [6.07, 6.45) is 0.692. The van der Waals surface area contributed by atoms with E-state index in [9.17, 15) is 9.59 Å². The highest BCUT2D eigenvalue weighted by Crippen LogP contribution is 2.09. The van der Waals surface area contributed by atoms with Crippen molar-refractivity contribution in [2.75, 3.05) is 25.0 Å². The van der Waals surface area contributed by atoms with Gasteiger partial charge in [0.05, 0.1) is 6.54 Å². The van der Waals surface area contributed by atoms with Gasteiger partial charge < -0.3 is 10.6 Å². The van der Waals surface area contributed by atoms with Crippen LogP contribution in [0.25, 0.3) is 0 Å². The van der Waals surface area contributed by atoms with Gasteiger partial charge in [0, 0.05) is 24.6 Å². The van der Waals surface area contributed by atoms with Gasteiger partial charge in [-0.25, -0.2) is 9.78 Å². The molecule has 0 aromatic carbocycles. The van der Waals surface area contributed by atoms with Crippen LogP contribution in [0.4, 0.5) is 9.93 Å². The molecule has 0 unspecified atom stereocenters. The van der Waals surface area contributed by atoms with Gasteiger partial charge in [-0.15, -0.1) is 0 Å². The number of aryl methyl sites for hydroxylation is 1. The Labute approximate surface area is 102 Å². The molecule has 1 fully saturated rings. The van der Waals surface area contributed by atoms with Crippen LogP contribution in [0.3, 0.4) is 0 Å². The average Bonchev–Trinajstić information content (AvgIpc) is 2.83. The standard InChI is InChI=1S/C9H13N5O2S/c1-6-12-8(17-13-6)10-3-2-4-14-7(15)5-11-9(14)16/h2-5H2,1H3,(H,11,16)(H,10,12,13). The van der Waals surface area contributed by atoms with Gasteiger partial charge in [0.2, 0.25) is 11.0 Å². The van der Waals surface area contributed by atoms with Crippen LogP contribution < -0.4 is 10.6 Å². The molecule has 8 heteroatoms. The molecule has 17 heavy (non-hydrogen) atoms. The molecule has 0 spiro atoms. The summed E-state index contributed by atoms with van der Waals surface area (Å²) in [6.45, 7) is 3.03. The maximum Gasteiger partial charge on any atom is 0.324 e. The van der Waals surface area contributed by atoms with Crippen molar-refractivity contribution in [3.05, 3.63) is 5.82 Å². The van der Waals surface area contributed by atoms with Gasteiger partial charge in [-0.3, -0.25) is 9.69 Å². The molecule has 0 atom stereocenters. The Kier molecular flexibility index (Phi) is 3.52. The number of carbonyl (C=O) groups is 2.